The average molecular weight is 489 g/mol. The number of hydrogen-bond donors (Lipinski definition) is 1. The van der Waals surface area contributed by atoms with Gasteiger partial charge in [-0.05, 0) is 58.7 Å². The van der Waals surface area contributed by atoms with Gasteiger partial charge in [-0.3, -0.25) is 4.68 Å². The zero-order chi connectivity index (χ0) is 25.4. The molecule has 1 aliphatic carbocycles. The number of hydrogen-bond acceptors (Lipinski definition) is 8. The molecule has 0 aliphatic heterocycles. The van der Waals surface area contributed by atoms with Crippen molar-refractivity contribution in [2.45, 2.75) is 72.0 Å². The van der Waals surface area contributed by atoms with Gasteiger partial charge in [0.25, 0.3) is 0 Å². The van der Waals surface area contributed by atoms with Gasteiger partial charge in [-0.1, -0.05) is 13.8 Å². The molecule has 0 spiro atoms. The van der Waals surface area contributed by atoms with E-state index in [0.29, 0.717) is 5.92 Å². The molecule has 190 valence electrons. The minimum Gasteiger partial charge on any atom is -0.365 e. The summed E-state index contributed by atoms with van der Waals surface area (Å²) in [6, 6.07) is 0.262. The van der Waals surface area contributed by atoms with E-state index in [2.05, 4.69) is 74.3 Å². The molecule has 0 bridgehead atoms. The Morgan fingerprint density at radius 1 is 1.14 bits per heavy atom. The third-order valence-corrected chi connectivity index (χ3v) is 6.91. The Balaban J connectivity index is 1.45. The third kappa shape index (κ3) is 4.57. The van der Waals surface area contributed by atoms with Crippen molar-refractivity contribution in [3.8, 4) is 11.4 Å². The lowest BCUT2D eigenvalue weighted by molar-refractivity contribution is 0.366. The summed E-state index contributed by atoms with van der Waals surface area (Å²) in [5.41, 5.74) is 6.49. The molecular weight excluding hydrogens is 452 g/mol. The van der Waals surface area contributed by atoms with Crippen LogP contribution in [0, 0.1) is 6.92 Å². The molecule has 1 N–H and O–H groups in total. The Hall–Kier alpha value is -3.40. The lowest BCUT2D eigenvalue weighted by Gasteiger charge is -2.25. The van der Waals surface area contributed by atoms with E-state index in [1.807, 2.05) is 19.3 Å². The third-order valence-electron chi connectivity index (χ3n) is 6.91. The van der Waals surface area contributed by atoms with Crippen molar-refractivity contribution in [1.82, 2.24) is 44.2 Å². The fourth-order valence-corrected chi connectivity index (χ4v) is 5.05. The Morgan fingerprint density at radius 3 is 2.61 bits per heavy atom. The highest BCUT2D eigenvalue weighted by molar-refractivity contribution is 5.86. The maximum Gasteiger partial charge on any atom is 0.165 e. The number of nitrogens with one attached hydrogen (secondary N) is 1. The van der Waals surface area contributed by atoms with E-state index < -0.39 is 0 Å². The zero-order valence-electron chi connectivity index (χ0n) is 22.2. The minimum atomic E-state index is 0.262. The lowest BCUT2D eigenvalue weighted by Crippen LogP contribution is -2.29. The van der Waals surface area contributed by atoms with Gasteiger partial charge in [-0.25, -0.2) is 24.9 Å². The summed E-state index contributed by atoms with van der Waals surface area (Å²) in [6.07, 6.45) is 8.23. The molecule has 0 saturated heterocycles. The van der Waals surface area contributed by atoms with Gasteiger partial charge in [0.2, 0.25) is 0 Å². The molecule has 10 nitrogen and oxygen atoms in total. The van der Waals surface area contributed by atoms with Crippen LogP contribution in [0.15, 0.2) is 18.7 Å². The Kier molecular flexibility index (Phi) is 6.70. The fourth-order valence-electron chi connectivity index (χ4n) is 5.05. The maximum absolute atomic E-state index is 5.03. The van der Waals surface area contributed by atoms with Gasteiger partial charge in [0.15, 0.2) is 17.0 Å². The van der Waals surface area contributed by atoms with Crippen LogP contribution in [-0.2, 0) is 25.9 Å². The van der Waals surface area contributed by atoms with Crippen LogP contribution < -0.4 is 5.32 Å². The number of rotatable bonds is 8. The average Bonchev–Trinajstić information content (AvgIpc) is 3.42. The van der Waals surface area contributed by atoms with Crippen LogP contribution in [0.4, 0.5) is 5.82 Å². The molecule has 0 radical (unpaired) electrons. The summed E-state index contributed by atoms with van der Waals surface area (Å²) in [4.78, 5) is 25.1. The van der Waals surface area contributed by atoms with Crippen LogP contribution in [0.2, 0.25) is 0 Å². The van der Waals surface area contributed by atoms with Crippen LogP contribution in [0.5, 0.6) is 0 Å². The molecular formula is C26H36N10. The molecule has 36 heavy (non-hydrogen) atoms. The second kappa shape index (κ2) is 9.93. The van der Waals surface area contributed by atoms with Gasteiger partial charge in [0.1, 0.15) is 18.0 Å². The number of aryl methyl sites for hydroxylation is 2. The Bertz CT molecular complexity index is 1350. The number of fused-ring (bicyclic) bond motifs is 2. The lowest BCUT2D eigenvalue weighted by atomic mass is 9.89. The first-order valence-electron chi connectivity index (χ1n) is 12.9. The van der Waals surface area contributed by atoms with E-state index >= 15 is 0 Å². The molecule has 1 aliphatic rings. The van der Waals surface area contributed by atoms with Crippen molar-refractivity contribution >= 4 is 17.0 Å². The van der Waals surface area contributed by atoms with Gasteiger partial charge in [-0.15, -0.1) is 0 Å². The van der Waals surface area contributed by atoms with Crippen LogP contribution in [0.1, 0.15) is 55.9 Å². The number of anilines is 1. The first-order valence-corrected chi connectivity index (χ1v) is 12.9. The predicted octanol–water partition coefficient (Wildman–Crippen LogP) is 3.46. The second-order valence-electron chi connectivity index (χ2n) is 10.2. The highest BCUT2D eigenvalue weighted by Crippen LogP contribution is 2.32. The van der Waals surface area contributed by atoms with E-state index in [0.717, 1.165) is 73.1 Å². The summed E-state index contributed by atoms with van der Waals surface area (Å²) in [7, 11) is 4.22. The van der Waals surface area contributed by atoms with E-state index in [1.165, 1.54) is 17.0 Å². The Labute approximate surface area is 212 Å². The maximum atomic E-state index is 5.03. The van der Waals surface area contributed by atoms with Crippen molar-refractivity contribution in [3.63, 3.8) is 0 Å². The SMILES string of the molecule is CCn1c(-c2cnc(C)nc2)nc2c(NC3CCc4c(c(C(C)C)nn4CCN(C)C)C3)ncnc21. The smallest absolute Gasteiger partial charge is 0.165 e. The summed E-state index contributed by atoms with van der Waals surface area (Å²) >= 11 is 0. The zero-order valence-corrected chi connectivity index (χ0v) is 22.2. The Morgan fingerprint density at radius 2 is 1.92 bits per heavy atom. The first-order chi connectivity index (χ1) is 17.4. The second-order valence-corrected chi connectivity index (χ2v) is 10.2. The van der Waals surface area contributed by atoms with Gasteiger partial charge < -0.3 is 14.8 Å². The molecule has 1 unspecified atom stereocenters. The van der Waals surface area contributed by atoms with Crippen molar-refractivity contribution in [2.75, 3.05) is 26.0 Å². The van der Waals surface area contributed by atoms with Crippen molar-refractivity contribution < 1.29 is 0 Å². The quantitative estimate of drug-likeness (QED) is 0.402. The highest BCUT2D eigenvalue weighted by atomic mass is 15.3. The molecule has 1 atom stereocenters. The molecule has 0 aromatic carbocycles. The number of nitrogens with zero attached hydrogens (tertiary/aromatic N) is 9. The predicted molar refractivity (Wildman–Crippen MR) is 141 cm³/mol. The molecule has 0 fully saturated rings. The normalized spacial score (nSPS) is 15.7. The van der Waals surface area contributed by atoms with Gasteiger partial charge in [0.05, 0.1) is 17.8 Å². The molecule has 10 heteroatoms. The topological polar surface area (TPSA) is 102 Å². The van der Waals surface area contributed by atoms with E-state index in [9.17, 15) is 0 Å². The van der Waals surface area contributed by atoms with Crippen molar-refractivity contribution in [3.05, 3.63) is 41.5 Å². The van der Waals surface area contributed by atoms with Gasteiger partial charge in [0, 0.05) is 37.2 Å². The number of likely N-dealkylation sites (N-methyl/N-ethyl adjacent to an activating group) is 1. The fraction of sp³-hybridized carbons (Fsp3) is 0.538. The van der Waals surface area contributed by atoms with E-state index in [-0.39, 0.29) is 6.04 Å². The first kappa shape index (κ1) is 24.3. The molecule has 4 heterocycles. The van der Waals surface area contributed by atoms with Crippen LogP contribution in [0.25, 0.3) is 22.6 Å². The van der Waals surface area contributed by atoms with Gasteiger partial charge in [-0.2, -0.15) is 5.10 Å². The van der Waals surface area contributed by atoms with Crippen LogP contribution in [-0.4, -0.2) is 70.8 Å². The molecule has 0 amide bonds. The largest absolute Gasteiger partial charge is 0.365 e. The summed E-state index contributed by atoms with van der Waals surface area (Å²) in [5.74, 6) is 2.72. The standard InChI is InChI=1S/C26H36N10/c1-7-35-25(18-13-27-17(4)28-14-18)32-23-24(29-15-30-26(23)35)31-19-8-9-21-20(12-19)22(16(2)3)33-36(21)11-10-34(5)6/h13-16,19H,7-12H2,1-6H3,(H,29,30,31). The van der Waals surface area contributed by atoms with Gasteiger partial charge >= 0.3 is 0 Å². The summed E-state index contributed by atoms with van der Waals surface area (Å²) in [5, 5.41) is 8.74. The molecule has 5 rings (SSSR count). The van der Waals surface area contributed by atoms with E-state index in [4.69, 9.17) is 10.1 Å². The highest BCUT2D eigenvalue weighted by Gasteiger charge is 2.28. The van der Waals surface area contributed by atoms with Crippen LogP contribution in [0.3, 0.4) is 0 Å². The molecule has 4 aromatic rings. The number of aromatic nitrogens is 8. The molecule has 4 aromatic heterocycles. The van der Waals surface area contributed by atoms with Crippen molar-refractivity contribution in [1.29, 1.82) is 0 Å². The van der Waals surface area contributed by atoms with E-state index in [1.54, 1.807) is 6.33 Å². The number of imidazole rings is 1. The van der Waals surface area contributed by atoms with Crippen molar-refractivity contribution in [2.24, 2.45) is 0 Å². The molecule has 0 saturated carbocycles. The summed E-state index contributed by atoms with van der Waals surface area (Å²) in [6.45, 7) is 11.1. The van der Waals surface area contributed by atoms with Crippen LogP contribution >= 0.6 is 0 Å². The monoisotopic (exact) mass is 488 g/mol. The summed E-state index contributed by atoms with van der Waals surface area (Å²) < 4.78 is 4.34. The minimum absolute atomic E-state index is 0.262.